The van der Waals surface area contributed by atoms with Crippen molar-refractivity contribution in [2.24, 2.45) is 5.92 Å². The zero-order chi connectivity index (χ0) is 15.5. The molecule has 0 amide bonds. The first-order valence-electron chi connectivity index (χ1n) is 6.82. The summed E-state index contributed by atoms with van der Waals surface area (Å²) in [6.45, 7) is 0.634. The predicted molar refractivity (Wildman–Crippen MR) is 79.8 cm³/mol. The molecule has 1 fully saturated rings. The zero-order valence-corrected chi connectivity index (χ0v) is 12.8. The molecule has 0 spiro atoms. The van der Waals surface area contributed by atoms with Gasteiger partial charge >= 0.3 is 5.97 Å². The lowest BCUT2D eigenvalue weighted by Crippen LogP contribution is -2.43. The van der Waals surface area contributed by atoms with Gasteiger partial charge in [-0.3, -0.25) is 4.79 Å². The summed E-state index contributed by atoms with van der Waals surface area (Å²) in [5, 5.41) is 0. The average Bonchev–Trinajstić information content (AvgIpc) is 2.46. The number of sulfonamides is 1. The number of nitrogen functional groups attached to an aromatic ring is 1. The van der Waals surface area contributed by atoms with Crippen molar-refractivity contribution in [3.05, 3.63) is 29.8 Å². The fourth-order valence-electron chi connectivity index (χ4n) is 2.54. The van der Waals surface area contributed by atoms with Crippen molar-refractivity contribution in [1.82, 2.24) is 4.31 Å². The second kappa shape index (κ2) is 6.44. The number of esters is 1. The van der Waals surface area contributed by atoms with Crippen molar-refractivity contribution < 1.29 is 17.9 Å². The molecule has 0 aliphatic carbocycles. The summed E-state index contributed by atoms with van der Waals surface area (Å²) in [4.78, 5) is 11.6. The average molecular weight is 312 g/mol. The molecule has 1 aromatic carbocycles. The number of nitrogens with zero attached hydrogens (tertiary/aromatic N) is 1. The van der Waals surface area contributed by atoms with E-state index in [1.165, 1.54) is 11.4 Å². The number of ether oxygens (including phenoxy) is 1. The van der Waals surface area contributed by atoms with Gasteiger partial charge in [-0.15, -0.1) is 0 Å². The van der Waals surface area contributed by atoms with Crippen molar-refractivity contribution >= 4 is 21.7 Å². The molecule has 2 rings (SSSR count). The van der Waals surface area contributed by atoms with Gasteiger partial charge < -0.3 is 10.5 Å². The van der Waals surface area contributed by atoms with Crippen LogP contribution in [0.4, 0.5) is 5.69 Å². The summed E-state index contributed by atoms with van der Waals surface area (Å²) in [5.74, 6) is -0.829. The van der Waals surface area contributed by atoms with Crippen LogP contribution in [0.2, 0.25) is 0 Å². The first-order chi connectivity index (χ1) is 9.92. The number of carbonyl (C=O) groups excluding carboxylic acids is 1. The van der Waals surface area contributed by atoms with Gasteiger partial charge in [0.25, 0.3) is 0 Å². The predicted octanol–water partition coefficient (Wildman–Crippen LogP) is 0.984. The summed E-state index contributed by atoms with van der Waals surface area (Å²) in [7, 11) is -2.14. The van der Waals surface area contributed by atoms with Gasteiger partial charge in [-0.25, -0.2) is 12.7 Å². The lowest BCUT2D eigenvalue weighted by Gasteiger charge is -2.30. The fraction of sp³-hybridized carbons (Fsp3) is 0.500. The number of piperidine rings is 1. The van der Waals surface area contributed by atoms with Crippen molar-refractivity contribution in [2.45, 2.75) is 18.6 Å². The van der Waals surface area contributed by atoms with Crippen LogP contribution in [0.15, 0.2) is 24.3 Å². The molecule has 6 nitrogen and oxygen atoms in total. The zero-order valence-electron chi connectivity index (χ0n) is 12.0. The van der Waals surface area contributed by atoms with Crippen molar-refractivity contribution in [2.75, 3.05) is 25.9 Å². The summed E-state index contributed by atoms with van der Waals surface area (Å²) in [6.07, 6.45) is 1.33. The molecule has 1 aliphatic rings. The van der Waals surface area contributed by atoms with Crippen molar-refractivity contribution in [3.63, 3.8) is 0 Å². The van der Waals surface area contributed by atoms with Crippen molar-refractivity contribution in [1.29, 1.82) is 0 Å². The van der Waals surface area contributed by atoms with E-state index < -0.39 is 10.0 Å². The van der Waals surface area contributed by atoms with Gasteiger partial charge in [0.15, 0.2) is 0 Å². The van der Waals surface area contributed by atoms with E-state index in [1.807, 2.05) is 0 Å². The highest BCUT2D eigenvalue weighted by atomic mass is 32.2. The molecular formula is C14H20N2O4S. The number of methoxy groups -OCH3 is 1. The SMILES string of the molecule is COC(=O)C1CCCN(S(=O)(=O)Cc2cccc(N)c2)C1. The minimum atomic E-state index is -3.46. The van der Waals surface area contributed by atoms with E-state index in [2.05, 4.69) is 0 Å². The molecule has 1 unspecified atom stereocenters. The number of nitrogens with two attached hydrogens (primary N) is 1. The highest BCUT2D eigenvalue weighted by molar-refractivity contribution is 7.88. The van der Waals surface area contributed by atoms with E-state index in [4.69, 9.17) is 10.5 Å². The Morgan fingerprint density at radius 2 is 2.24 bits per heavy atom. The normalized spacial score (nSPS) is 20.1. The topological polar surface area (TPSA) is 89.7 Å². The van der Waals surface area contributed by atoms with Crippen molar-refractivity contribution in [3.8, 4) is 0 Å². The Labute approximate surface area is 124 Å². The van der Waals surface area contributed by atoms with Gasteiger partial charge in [-0.2, -0.15) is 0 Å². The molecule has 1 aliphatic heterocycles. The quantitative estimate of drug-likeness (QED) is 0.661. The number of rotatable bonds is 4. The van der Waals surface area contributed by atoms with Crippen LogP contribution in [0.3, 0.4) is 0 Å². The first-order valence-corrected chi connectivity index (χ1v) is 8.43. The summed E-state index contributed by atoms with van der Waals surface area (Å²) < 4.78 is 31.0. The van der Waals surface area contributed by atoms with Gasteiger partial charge in [0, 0.05) is 18.8 Å². The Morgan fingerprint density at radius 3 is 2.90 bits per heavy atom. The molecule has 116 valence electrons. The number of benzene rings is 1. The molecule has 1 atom stereocenters. The largest absolute Gasteiger partial charge is 0.469 e. The minimum Gasteiger partial charge on any atom is -0.469 e. The number of carbonyl (C=O) groups is 1. The lowest BCUT2D eigenvalue weighted by atomic mass is 10.0. The lowest BCUT2D eigenvalue weighted by molar-refractivity contribution is -0.146. The molecule has 0 aromatic heterocycles. The second-order valence-corrected chi connectivity index (χ2v) is 7.19. The summed E-state index contributed by atoms with van der Waals surface area (Å²) >= 11 is 0. The van der Waals surface area contributed by atoms with Crippen LogP contribution in [0.25, 0.3) is 0 Å². The molecular weight excluding hydrogens is 292 g/mol. The Hall–Kier alpha value is -1.60. The second-order valence-electron chi connectivity index (χ2n) is 5.22. The third-order valence-corrected chi connectivity index (χ3v) is 5.43. The Bertz CT molecular complexity index is 615. The summed E-state index contributed by atoms with van der Waals surface area (Å²) in [5.41, 5.74) is 6.85. The van der Waals surface area contributed by atoms with E-state index in [1.54, 1.807) is 24.3 Å². The van der Waals surface area contributed by atoms with Gasteiger partial charge in [0.2, 0.25) is 10.0 Å². The van der Waals surface area contributed by atoms with Gasteiger partial charge in [-0.05, 0) is 30.5 Å². The van der Waals surface area contributed by atoms with E-state index >= 15 is 0 Å². The molecule has 1 saturated heterocycles. The fourth-order valence-corrected chi connectivity index (χ4v) is 4.14. The third-order valence-electron chi connectivity index (χ3n) is 3.61. The van der Waals surface area contributed by atoms with E-state index in [-0.39, 0.29) is 24.2 Å². The Kier molecular flexibility index (Phi) is 4.84. The number of anilines is 1. The minimum absolute atomic E-state index is 0.105. The highest BCUT2D eigenvalue weighted by Crippen LogP contribution is 2.22. The third kappa shape index (κ3) is 3.95. The molecule has 1 aromatic rings. The number of hydrogen-bond donors (Lipinski definition) is 1. The van der Waals surface area contributed by atoms with Gasteiger partial charge in [0.1, 0.15) is 0 Å². The van der Waals surface area contributed by atoms with Crippen LogP contribution < -0.4 is 5.73 Å². The first kappa shape index (κ1) is 15.8. The molecule has 0 saturated carbocycles. The van der Waals surface area contributed by atoms with Gasteiger partial charge in [-0.1, -0.05) is 12.1 Å². The van der Waals surface area contributed by atoms with Crippen LogP contribution in [-0.4, -0.2) is 38.9 Å². The molecule has 7 heteroatoms. The maximum Gasteiger partial charge on any atom is 0.309 e. The monoisotopic (exact) mass is 312 g/mol. The maximum absolute atomic E-state index is 12.5. The van der Waals surface area contributed by atoms with Gasteiger partial charge in [0.05, 0.1) is 18.8 Å². The molecule has 1 heterocycles. The summed E-state index contributed by atoms with van der Waals surface area (Å²) in [6, 6.07) is 6.83. The van der Waals surface area contributed by atoms with Crippen LogP contribution >= 0.6 is 0 Å². The van der Waals surface area contributed by atoms with E-state index in [0.29, 0.717) is 30.6 Å². The molecule has 0 radical (unpaired) electrons. The maximum atomic E-state index is 12.5. The number of hydrogen-bond acceptors (Lipinski definition) is 5. The van der Waals surface area contributed by atoms with Crippen LogP contribution in [-0.2, 0) is 25.3 Å². The Balaban J connectivity index is 2.10. The highest BCUT2D eigenvalue weighted by Gasteiger charge is 2.32. The van der Waals surface area contributed by atoms with Crippen LogP contribution in [0.5, 0.6) is 0 Å². The molecule has 2 N–H and O–H groups in total. The van der Waals surface area contributed by atoms with Crippen LogP contribution in [0, 0.1) is 5.92 Å². The van der Waals surface area contributed by atoms with E-state index in [0.717, 1.165) is 0 Å². The molecule has 0 bridgehead atoms. The molecule has 21 heavy (non-hydrogen) atoms. The van der Waals surface area contributed by atoms with Crippen LogP contribution in [0.1, 0.15) is 18.4 Å². The Morgan fingerprint density at radius 1 is 1.48 bits per heavy atom. The smallest absolute Gasteiger partial charge is 0.309 e. The standard InChI is InChI=1S/C14H20N2O4S/c1-20-14(17)12-5-3-7-16(9-12)21(18,19)10-11-4-2-6-13(15)8-11/h2,4,6,8,12H,3,5,7,9-10,15H2,1H3. The van der Waals surface area contributed by atoms with E-state index in [9.17, 15) is 13.2 Å².